The first-order valence-corrected chi connectivity index (χ1v) is 8.72. The monoisotopic (exact) mass is 361 g/mol. The van der Waals surface area contributed by atoms with Crippen molar-refractivity contribution >= 4 is 23.6 Å². The number of carbonyl (C=O) groups is 1. The maximum absolute atomic E-state index is 13.1. The van der Waals surface area contributed by atoms with Gasteiger partial charge in [-0.05, 0) is 62.9 Å². The van der Waals surface area contributed by atoms with Crippen LogP contribution in [0.1, 0.15) is 31.0 Å². The van der Waals surface area contributed by atoms with Crippen molar-refractivity contribution in [3.63, 3.8) is 0 Å². The third kappa shape index (κ3) is 3.76. The molecule has 0 saturated heterocycles. The molecular weight excluding hydrogens is 341 g/mol. The van der Waals surface area contributed by atoms with E-state index in [-0.39, 0.29) is 17.8 Å². The van der Waals surface area contributed by atoms with E-state index in [0.29, 0.717) is 28.0 Å². The number of halogens is 2. The SMILES string of the molecule is Cc1nn(-c2ccc(F)cc2)c(Cl)c1/C=C/C(=O)N(C)C(C)C1CC1. The maximum atomic E-state index is 13.1. The van der Waals surface area contributed by atoms with Crippen LogP contribution in [-0.2, 0) is 4.79 Å². The van der Waals surface area contributed by atoms with Crippen molar-refractivity contribution in [2.24, 2.45) is 5.92 Å². The van der Waals surface area contributed by atoms with E-state index in [0.717, 1.165) is 0 Å². The highest BCUT2D eigenvalue weighted by molar-refractivity contribution is 6.31. The Balaban J connectivity index is 1.80. The van der Waals surface area contributed by atoms with Crippen LogP contribution in [0.15, 0.2) is 30.3 Å². The van der Waals surface area contributed by atoms with Crippen LogP contribution >= 0.6 is 11.6 Å². The van der Waals surface area contributed by atoms with Gasteiger partial charge in [0.2, 0.25) is 5.91 Å². The van der Waals surface area contributed by atoms with Gasteiger partial charge in [-0.25, -0.2) is 9.07 Å². The predicted molar refractivity (Wildman–Crippen MR) is 97.3 cm³/mol. The molecule has 1 aromatic carbocycles. The van der Waals surface area contributed by atoms with Gasteiger partial charge in [0, 0.05) is 24.7 Å². The van der Waals surface area contributed by atoms with Crippen LogP contribution < -0.4 is 0 Å². The fraction of sp³-hybridized carbons (Fsp3) is 0.368. The Labute approximate surface area is 151 Å². The van der Waals surface area contributed by atoms with E-state index < -0.39 is 0 Å². The van der Waals surface area contributed by atoms with Gasteiger partial charge in [-0.2, -0.15) is 5.10 Å². The first-order valence-electron chi connectivity index (χ1n) is 8.34. The van der Waals surface area contributed by atoms with Crippen LogP contribution in [0.3, 0.4) is 0 Å². The van der Waals surface area contributed by atoms with Crippen LogP contribution in [0, 0.1) is 18.7 Å². The molecule has 0 bridgehead atoms. The maximum Gasteiger partial charge on any atom is 0.246 e. The van der Waals surface area contributed by atoms with Crippen molar-refractivity contribution in [3.8, 4) is 5.69 Å². The summed E-state index contributed by atoms with van der Waals surface area (Å²) in [4.78, 5) is 14.1. The number of amides is 1. The van der Waals surface area contributed by atoms with Crippen LogP contribution in [0.4, 0.5) is 4.39 Å². The van der Waals surface area contributed by atoms with Crippen molar-refractivity contribution in [1.82, 2.24) is 14.7 Å². The van der Waals surface area contributed by atoms with Gasteiger partial charge in [0.25, 0.3) is 0 Å². The number of hydrogen-bond donors (Lipinski definition) is 0. The molecule has 0 aliphatic heterocycles. The Morgan fingerprint density at radius 1 is 1.40 bits per heavy atom. The zero-order valence-electron chi connectivity index (χ0n) is 14.5. The molecule has 1 amide bonds. The highest BCUT2D eigenvalue weighted by atomic mass is 35.5. The molecule has 1 saturated carbocycles. The number of rotatable bonds is 5. The molecule has 6 heteroatoms. The Morgan fingerprint density at radius 2 is 2.04 bits per heavy atom. The second-order valence-corrected chi connectivity index (χ2v) is 6.90. The zero-order valence-corrected chi connectivity index (χ0v) is 15.3. The molecule has 25 heavy (non-hydrogen) atoms. The largest absolute Gasteiger partial charge is 0.339 e. The number of aromatic nitrogens is 2. The van der Waals surface area contributed by atoms with Crippen LogP contribution in [0.5, 0.6) is 0 Å². The van der Waals surface area contributed by atoms with E-state index in [2.05, 4.69) is 12.0 Å². The molecule has 0 radical (unpaired) electrons. The molecule has 0 spiro atoms. The van der Waals surface area contributed by atoms with Gasteiger partial charge in [0.1, 0.15) is 11.0 Å². The molecule has 0 N–H and O–H groups in total. The van der Waals surface area contributed by atoms with Crippen LogP contribution in [0.2, 0.25) is 5.15 Å². The third-order valence-electron chi connectivity index (χ3n) is 4.77. The summed E-state index contributed by atoms with van der Waals surface area (Å²) in [6.07, 6.45) is 5.61. The fourth-order valence-corrected chi connectivity index (χ4v) is 3.16. The molecule has 2 aromatic rings. The molecule has 1 heterocycles. The van der Waals surface area contributed by atoms with Crippen molar-refractivity contribution < 1.29 is 9.18 Å². The molecule has 1 aliphatic rings. The van der Waals surface area contributed by atoms with Crippen molar-refractivity contribution in [3.05, 3.63) is 52.6 Å². The lowest BCUT2D eigenvalue weighted by Crippen LogP contribution is -2.35. The molecule has 132 valence electrons. The molecule has 1 fully saturated rings. The summed E-state index contributed by atoms with van der Waals surface area (Å²) in [5, 5.41) is 4.79. The summed E-state index contributed by atoms with van der Waals surface area (Å²) >= 11 is 6.42. The first kappa shape index (κ1) is 17.7. The molecule has 1 atom stereocenters. The molecule has 3 rings (SSSR count). The van der Waals surface area contributed by atoms with Crippen LogP contribution in [0.25, 0.3) is 11.8 Å². The topological polar surface area (TPSA) is 38.1 Å². The molecule has 1 aromatic heterocycles. The molecule has 1 unspecified atom stereocenters. The minimum Gasteiger partial charge on any atom is -0.339 e. The molecule has 4 nitrogen and oxygen atoms in total. The zero-order chi connectivity index (χ0) is 18.1. The summed E-state index contributed by atoms with van der Waals surface area (Å²) in [7, 11) is 1.83. The lowest BCUT2D eigenvalue weighted by molar-refractivity contribution is -0.126. The number of carbonyl (C=O) groups excluding carboxylic acids is 1. The average Bonchev–Trinajstić information content (AvgIpc) is 3.40. The average molecular weight is 362 g/mol. The second kappa shape index (κ2) is 7.00. The Bertz CT molecular complexity index is 809. The quantitative estimate of drug-likeness (QED) is 0.747. The standard InChI is InChI=1S/C19H21ClFN3O/c1-12-17(10-11-18(25)23(3)13(2)14-4-5-14)19(20)24(22-12)16-8-6-15(21)7-9-16/h6-11,13-14H,4-5H2,1-3H3/b11-10+. The number of nitrogens with zero attached hydrogens (tertiary/aromatic N) is 3. The minimum absolute atomic E-state index is 0.0515. The van der Waals surface area contributed by atoms with E-state index in [9.17, 15) is 9.18 Å². The number of hydrogen-bond acceptors (Lipinski definition) is 2. The summed E-state index contributed by atoms with van der Waals surface area (Å²) in [5.41, 5.74) is 2.06. The Hall–Kier alpha value is -2.14. The lowest BCUT2D eigenvalue weighted by atomic mass is 10.2. The van der Waals surface area contributed by atoms with E-state index in [1.54, 1.807) is 23.1 Å². The van der Waals surface area contributed by atoms with Gasteiger partial charge < -0.3 is 4.90 Å². The lowest BCUT2D eigenvalue weighted by Gasteiger charge is -2.23. The first-order chi connectivity index (χ1) is 11.9. The van der Waals surface area contributed by atoms with Crippen molar-refractivity contribution in [2.45, 2.75) is 32.7 Å². The highest BCUT2D eigenvalue weighted by Crippen LogP contribution is 2.34. The van der Waals surface area contributed by atoms with Crippen molar-refractivity contribution in [1.29, 1.82) is 0 Å². The van der Waals surface area contributed by atoms with E-state index in [1.165, 1.54) is 35.7 Å². The molecule has 1 aliphatic carbocycles. The minimum atomic E-state index is -0.317. The van der Waals surface area contributed by atoms with E-state index in [1.807, 2.05) is 14.0 Å². The number of likely N-dealkylation sites (N-methyl/N-ethyl adjacent to an activating group) is 1. The van der Waals surface area contributed by atoms with E-state index >= 15 is 0 Å². The Morgan fingerprint density at radius 3 is 2.64 bits per heavy atom. The summed E-state index contributed by atoms with van der Waals surface area (Å²) in [6.45, 7) is 3.90. The highest BCUT2D eigenvalue weighted by Gasteiger charge is 2.31. The summed E-state index contributed by atoms with van der Waals surface area (Å²) < 4.78 is 14.6. The summed E-state index contributed by atoms with van der Waals surface area (Å²) in [6, 6.07) is 6.18. The Kier molecular flexibility index (Phi) is 4.95. The number of aryl methyl sites for hydroxylation is 1. The second-order valence-electron chi connectivity index (χ2n) is 6.54. The van der Waals surface area contributed by atoms with Gasteiger partial charge in [-0.3, -0.25) is 4.79 Å². The number of benzene rings is 1. The van der Waals surface area contributed by atoms with Gasteiger partial charge >= 0.3 is 0 Å². The smallest absolute Gasteiger partial charge is 0.246 e. The molecular formula is C19H21ClFN3O. The van der Waals surface area contributed by atoms with Gasteiger partial charge in [0.05, 0.1) is 11.4 Å². The third-order valence-corrected chi connectivity index (χ3v) is 5.14. The van der Waals surface area contributed by atoms with Gasteiger partial charge in [0.15, 0.2) is 0 Å². The van der Waals surface area contributed by atoms with Gasteiger partial charge in [-0.15, -0.1) is 0 Å². The normalized spacial score (nSPS) is 15.6. The van der Waals surface area contributed by atoms with E-state index in [4.69, 9.17) is 11.6 Å². The predicted octanol–water partition coefficient (Wildman–Crippen LogP) is 4.24. The summed E-state index contributed by atoms with van der Waals surface area (Å²) in [5.74, 6) is 0.251. The van der Waals surface area contributed by atoms with Crippen molar-refractivity contribution in [2.75, 3.05) is 7.05 Å². The van der Waals surface area contributed by atoms with Crippen LogP contribution in [-0.4, -0.2) is 33.7 Å². The van der Waals surface area contributed by atoms with Gasteiger partial charge in [-0.1, -0.05) is 11.6 Å². The fourth-order valence-electron chi connectivity index (χ4n) is 2.82.